The normalized spacial score (nSPS) is 11.5. The van der Waals surface area contributed by atoms with Crippen molar-refractivity contribution in [2.24, 2.45) is 0 Å². The largest absolute Gasteiger partial charge is 0.478 e. The van der Waals surface area contributed by atoms with Crippen molar-refractivity contribution >= 4 is 16.0 Å². The maximum atomic E-state index is 14.1. The van der Waals surface area contributed by atoms with Crippen LogP contribution >= 0.6 is 0 Å². The molecule has 3 rings (SSSR count). The molecule has 28 heavy (non-hydrogen) atoms. The molecule has 0 radical (unpaired) electrons. The van der Waals surface area contributed by atoms with Gasteiger partial charge in [0, 0.05) is 18.7 Å². The predicted octanol–water partition coefficient (Wildman–Crippen LogP) is 3.92. The van der Waals surface area contributed by atoms with E-state index in [-0.39, 0.29) is 29.1 Å². The van der Waals surface area contributed by atoms with Gasteiger partial charge < -0.3 is 5.11 Å². The van der Waals surface area contributed by atoms with Gasteiger partial charge >= 0.3 is 5.97 Å². The molecular weight excluding hydrogens is 381 g/mol. The standard InChI is InChI=1S/C21H18FNO4S/c22-20-9-5-4-8-18(20)15-23(14-16-6-2-1-3-7-16)28(26,27)19-12-10-17(11-13-19)21(24)25/h1-13H,14-15H2,(H,24,25). The topological polar surface area (TPSA) is 74.7 Å². The highest BCUT2D eigenvalue weighted by atomic mass is 32.2. The van der Waals surface area contributed by atoms with Crippen LogP contribution in [0, 0.1) is 5.82 Å². The Bertz CT molecular complexity index is 1070. The molecule has 0 aliphatic rings. The minimum absolute atomic E-state index is 0.0114. The highest BCUT2D eigenvalue weighted by molar-refractivity contribution is 7.89. The molecule has 0 saturated heterocycles. The Labute approximate surface area is 162 Å². The molecule has 0 aliphatic heterocycles. The van der Waals surface area contributed by atoms with Gasteiger partial charge in [-0.1, -0.05) is 48.5 Å². The number of hydrogen-bond donors (Lipinski definition) is 1. The predicted molar refractivity (Wildman–Crippen MR) is 103 cm³/mol. The summed E-state index contributed by atoms with van der Waals surface area (Å²) in [6.45, 7) is -0.0945. The third kappa shape index (κ3) is 4.44. The molecule has 0 bridgehead atoms. The fraction of sp³-hybridized carbons (Fsp3) is 0.0952. The Morgan fingerprint density at radius 1 is 0.857 bits per heavy atom. The highest BCUT2D eigenvalue weighted by Crippen LogP contribution is 2.22. The number of rotatable bonds is 7. The number of carbonyl (C=O) groups is 1. The molecule has 0 aromatic heterocycles. The molecule has 0 amide bonds. The number of hydrogen-bond acceptors (Lipinski definition) is 3. The van der Waals surface area contributed by atoms with Crippen LogP contribution in [0.5, 0.6) is 0 Å². The van der Waals surface area contributed by atoms with Crippen LogP contribution in [0.4, 0.5) is 4.39 Å². The third-order valence-corrected chi connectivity index (χ3v) is 6.05. The molecule has 3 aromatic carbocycles. The van der Waals surface area contributed by atoms with Crippen LogP contribution in [0.15, 0.2) is 83.8 Å². The molecule has 0 heterocycles. The number of aromatic carboxylic acids is 1. The van der Waals surface area contributed by atoms with E-state index in [1.807, 2.05) is 6.07 Å². The quantitative estimate of drug-likeness (QED) is 0.654. The lowest BCUT2D eigenvalue weighted by Gasteiger charge is -2.23. The highest BCUT2D eigenvalue weighted by Gasteiger charge is 2.26. The molecule has 7 heteroatoms. The van der Waals surface area contributed by atoms with E-state index >= 15 is 0 Å². The van der Waals surface area contributed by atoms with Crippen molar-refractivity contribution in [2.45, 2.75) is 18.0 Å². The van der Waals surface area contributed by atoms with Gasteiger partial charge in [-0.25, -0.2) is 17.6 Å². The van der Waals surface area contributed by atoms with E-state index in [1.54, 1.807) is 36.4 Å². The Hall–Kier alpha value is -3.03. The fourth-order valence-electron chi connectivity index (χ4n) is 2.75. The number of halogens is 1. The molecule has 0 aliphatic carbocycles. The minimum atomic E-state index is -3.98. The van der Waals surface area contributed by atoms with Crippen molar-refractivity contribution in [1.29, 1.82) is 0 Å². The van der Waals surface area contributed by atoms with Gasteiger partial charge in [0.1, 0.15) is 5.82 Å². The number of benzene rings is 3. The SMILES string of the molecule is O=C(O)c1ccc(S(=O)(=O)N(Cc2ccccc2)Cc2ccccc2F)cc1. The Morgan fingerprint density at radius 2 is 1.46 bits per heavy atom. The number of nitrogens with zero attached hydrogens (tertiary/aromatic N) is 1. The minimum Gasteiger partial charge on any atom is -0.478 e. The number of carboxylic acids is 1. The van der Waals surface area contributed by atoms with Gasteiger partial charge in [-0.3, -0.25) is 0 Å². The van der Waals surface area contributed by atoms with Gasteiger partial charge in [-0.15, -0.1) is 0 Å². The summed E-state index contributed by atoms with van der Waals surface area (Å²) < 4.78 is 41.7. The second kappa shape index (κ2) is 8.33. The first-order chi connectivity index (χ1) is 13.4. The number of carboxylic acid groups (broad SMARTS) is 1. The lowest BCUT2D eigenvalue weighted by molar-refractivity contribution is 0.0696. The van der Waals surface area contributed by atoms with Crippen LogP contribution in [0.3, 0.4) is 0 Å². The van der Waals surface area contributed by atoms with Crippen LogP contribution in [-0.2, 0) is 23.1 Å². The maximum absolute atomic E-state index is 14.1. The summed E-state index contributed by atoms with van der Waals surface area (Å²) in [6.07, 6.45) is 0. The monoisotopic (exact) mass is 399 g/mol. The van der Waals surface area contributed by atoms with Crippen LogP contribution in [0.2, 0.25) is 0 Å². The van der Waals surface area contributed by atoms with Crippen LogP contribution in [0.25, 0.3) is 0 Å². The van der Waals surface area contributed by atoms with Gasteiger partial charge in [0.15, 0.2) is 0 Å². The van der Waals surface area contributed by atoms with E-state index in [9.17, 15) is 17.6 Å². The maximum Gasteiger partial charge on any atom is 0.335 e. The van der Waals surface area contributed by atoms with Gasteiger partial charge in [0.2, 0.25) is 10.0 Å². The van der Waals surface area contributed by atoms with Crippen molar-refractivity contribution in [3.63, 3.8) is 0 Å². The number of sulfonamides is 1. The molecule has 0 saturated carbocycles. The summed E-state index contributed by atoms with van der Waals surface area (Å²) in [4.78, 5) is 11.0. The van der Waals surface area contributed by atoms with Gasteiger partial charge in [-0.2, -0.15) is 4.31 Å². The first-order valence-electron chi connectivity index (χ1n) is 8.49. The van der Waals surface area contributed by atoms with Crippen molar-refractivity contribution in [3.8, 4) is 0 Å². The van der Waals surface area contributed by atoms with Crippen LogP contribution in [-0.4, -0.2) is 23.8 Å². The zero-order valence-electron chi connectivity index (χ0n) is 14.8. The lowest BCUT2D eigenvalue weighted by Crippen LogP contribution is -2.30. The summed E-state index contributed by atoms with van der Waals surface area (Å²) in [7, 11) is -3.98. The Kier molecular flexibility index (Phi) is 5.87. The van der Waals surface area contributed by atoms with E-state index in [2.05, 4.69) is 0 Å². The van der Waals surface area contributed by atoms with E-state index in [1.165, 1.54) is 40.7 Å². The molecule has 0 unspecified atom stereocenters. The van der Waals surface area contributed by atoms with E-state index < -0.39 is 21.8 Å². The zero-order valence-corrected chi connectivity index (χ0v) is 15.6. The molecule has 5 nitrogen and oxygen atoms in total. The summed E-state index contributed by atoms with van der Waals surface area (Å²) in [5.41, 5.74) is 0.997. The molecule has 0 atom stereocenters. The second-order valence-electron chi connectivity index (χ2n) is 6.18. The summed E-state index contributed by atoms with van der Waals surface area (Å²) >= 11 is 0. The van der Waals surface area contributed by atoms with Gasteiger partial charge in [-0.05, 0) is 35.9 Å². The Balaban J connectivity index is 1.98. The zero-order chi connectivity index (χ0) is 20.1. The molecule has 3 aromatic rings. The molecular formula is C21H18FNO4S. The average molecular weight is 399 g/mol. The van der Waals surface area contributed by atoms with Crippen molar-refractivity contribution in [1.82, 2.24) is 4.31 Å². The van der Waals surface area contributed by atoms with Crippen molar-refractivity contribution in [3.05, 3.63) is 101 Å². The molecule has 0 spiro atoms. The fourth-order valence-corrected chi connectivity index (χ4v) is 4.15. The van der Waals surface area contributed by atoms with Gasteiger partial charge in [0.25, 0.3) is 0 Å². The lowest BCUT2D eigenvalue weighted by atomic mass is 10.2. The van der Waals surface area contributed by atoms with E-state index in [0.717, 1.165) is 5.56 Å². The molecule has 144 valence electrons. The van der Waals surface area contributed by atoms with Crippen LogP contribution in [0.1, 0.15) is 21.5 Å². The van der Waals surface area contributed by atoms with Gasteiger partial charge in [0.05, 0.1) is 10.5 Å². The summed E-state index contributed by atoms with van der Waals surface area (Å²) in [5.74, 6) is -1.63. The smallest absolute Gasteiger partial charge is 0.335 e. The van der Waals surface area contributed by atoms with Crippen molar-refractivity contribution in [2.75, 3.05) is 0 Å². The summed E-state index contributed by atoms with van der Waals surface area (Å²) in [5, 5.41) is 9.01. The van der Waals surface area contributed by atoms with Crippen molar-refractivity contribution < 1.29 is 22.7 Å². The van der Waals surface area contributed by atoms with E-state index in [4.69, 9.17) is 5.11 Å². The molecule has 0 fully saturated rings. The first-order valence-corrected chi connectivity index (χ1v) is 9.93. The first kappa shape index (κ1) is 19.7. The third-order valence-electron chi connectivity index (χ3n) is 4.25. The van der Waals surface area contributed by atoms with Crippen LogP contribution < -0.4 is 0 Å². The summed E-state index contributed by atoms with van der Waals surface area (Å²) in [6, 6.07) is 20.0. The Morgan fingerprint density at radius 3 is 2.07 bits per heavy atom. The second-order valence-corrected chi connectivity index (χ2v) is 8.12. The molecule has 1 N–H and O–H groups in total. The van der Waals surface area contributed by atoms with E-state index in [0.29, 0.717) is 0 Å². The average Bonchev–Trinajstić information content (AvgIpc) is 2.70.